The van der Waals surface area contributed by atoms with Gasteiger partial charge in [0.05, 0.1) is 6.07 Å². The molecule has 1 aromatic carbocycles. The molecule has 82 valence electrons. The van der Waals surface area contributed by atoms with Crippen LogP contribution in [-0.4, -0.2) is 6.29 Å². The van der Waals surface area contributed by atoms with E-state index in [1.807, 2.05) is 33.1 Å². The van der Waals surface area contributed by atoms with E-state index in [0.717, 1.165) is 0 Å². The minimum atomic E-state index is -0.264. The average Bonchev–Trinajstić information content (AvgIpc) is 2.32. The van der Waals surface area contributed by atoms with Gasteiger partial charge in [-0.25, -0.2) is 0 Å². The number of hydrogen-bond donors (Lipinski definition) is 0. The molecular weight excluding hydrogens is 256 g/mol. The van der Waals surface area contributed by atoms with Crippen LogP contribution in [0.15, 0.2) is 24.3 Å². The molecule has 0 aliphatic heterocycles. The fourth-order valence-corrected chi connectivity index (χ4v) is 0.461. The van der Waals surface area contributed by atoms with E-state index in [1.165, 1.54) is 0 Å². The van der Waals surface area contributed by atoms with Crippen molar-refractivity contribution in [2.24, 2.45) is 5.41 Å². The Morgan fingerprint density at radius 2 is 1.69 bits per heavy atom. The molecule has 16 heavy (non-hydrogen) atoms. The van der Waals surface area contributed by atoms with Gasteiger partial charge in [-0.3, -0.25) is 6.29 Å². The van der Waals surface area contributed by atoms with Crippen molar-refractivity contribution in [3.63, 3.8) is 0 Å². The minimum absolute atomic E-state index is 0.125. The van der Waals surface area contributed by atoms with E-state index in [1.54, 1.807) is 24.3 Å². The van der Waals surface area contributed by atoms with Crippen LogP contribution in [0, 0.1) is 22.8 Å². The summed E-state index contributed by atoms with van der Waals surface area (Å²) in [5.41, 5.74) is 0.420. The van der Waals surface area contributed by atoms with E-state index in [9.17, 15) is 4.79 Å². The van der Waals surface area contributed by atoms with Crippen LogP contribution in [-0.2, 0) is 26.6 Å². The van der Waals surface area contributed by atoms with Gasteiger partial charge < -0.3 is 4.79 Å². The monoisotopic (exact) mass is 267 g/mol. The Morgan fingerprint density at radius 1 is 1.31 bits per heavy atom. The summed E-state index contributed by atoms with van der Waals surface area (Å²) in [4.78, 5) is 9.70. The Labute approximate surface area is 106 Å². The number of nitrogens with zero attached hydrogens (tertiary/aromatic N) is 1. The third-order valence-electron chi connectivity index (χ3n) is 1.15. The average molecular weight is 269 g/mol. The van der Waals surface area contributed by atoms with Gasteiger partial charge in [-0.15, -0.1) is 5.41 Å². The Balaban J connectivity index is 0. The zero-order valence-corrected chi connectivity index (χ0v) is 12.7. The first-order chi connectivity index (χ1) is 7.49. The second kappa shape index (κ2) is 10.3. The molecule has 3 nitrogen and oxygen atoms in total. The van der Waals surface area contributed by atoms with E-state index >= 15 is 0 Å². The van der Waals surface area contributed by atoms with Crippen LogP contribution in [0.25, 0.3) is 0 Å². The molecule has 1 rings (SSSR count). The molecule has 0 fully saturated rings. The van der Waals surface area contributed by atoms with Gasteiger partial charge in [-0.05, 0) is 0 Å². The van der Waals surface area contributed by atoms with E-state index in [4.69, 9.17) is 8.84 Å². The second-order valence-electron chi connectivity index (χ2n) is 3.75. The molecule has 0 saturated carbocycles. The summed E-state index contributed by atoms with van der Waals surface area (Å²) >= 11 is 0.125. The van der Waals surface area contributed by atoms with E-state index in [2.05, 4.69) is 6.07 Å². The predicted molar refractivity (Wildman–Crippen MR) is 55.8 cm³/mol. The van der Waals surface area contributed by atoms with Crippen molar-refractivity contribution in [3.8, 4) is 6.07 Å². The molecule has 0 N–H and O–H groups in total. The molecule has 0 aliphatic rings. The molecule has 0 unspecified atom stereocenters. The maximum atomic E-state index is 9.70. The van der Waals surface area contributed by atoms with E-state index < -0.39 is 0 Å². The number of hydrogen-bond acceptors (Lipinski definition) is 3. The molecule has 0 saturated heterocycles. The standard InChI is InChI=1S/C7H4N.C5H9O.O.Zn/c8-6-7-4-2-1-3-5-7;1-5(2,3)4-6;;/h2-5H;1-3H3;;/q2*-1;;. The summed E-state index contributed by atoms with van der Waals surface area (Å²) in [7, 11) is 0. The summed E-state index contributed by atoms with van der Waals surface area (Å²) in [5.74, 6) is 0. The van der Waals surface area contributed by atoms with Gasteiger partial charge in [-0.2, -0.15) is 35.6 Å². The van der Waals surface area contributed by atoms with E-state index in [-0.39, 0.29) is 23.7 Å². The number of benzene rings is 1. The zero-order chi connectivity index (χ0) is 13.0. The first-order valence-electron chi connectivity index (χ1n) is 4.54. The van der Waals surface area contributed by atoms with Gasteiger partial charge in [0, 0.05) is 0 Å². The van der Waals surface area contributed by atoms with Crippen molar-refractivity contribution >= 4 is 6.29 Å². The van der Waals surface area contributed by atoms with Crippen LogP contribution >= 0.6 is 0 Å². The molecule has 0 amide bonds. The van der Waals surface area contributed by atoms with Gasteiger partial charge in [-0.1, -0.05) is 26.3 Å². The molecule has 0 aromatic heterocycles. The van der Waals surface area contributed by atoms with Crippen LogP contribution in [0.5, 0.6) is 0 Å². The molecule has 0 bridgehead atoms. The third-order valence-corrected chi connectivity index (χ3v) is 1.15. The van der Waals surface area contributed by atoms with Crippen LogP contribution in [0.3, 0.4) is 0 Å². The molecule has 0 radical (unpaired) electrons. The van der Waals surface area contributed by atoms with Crippen molar-refractivity contribution < 1.29 is 26.6 Å². The molecule has 0 aliphatic carbocycles. The van der Waals surface area contributed by atoms with Crippen LogP contribution in [0.4, 0.5) is 0 Å². The van der Waals surface area contributed by atoms with Gasteiger partial charge in [0.2, 0.25) is 0 Å². The first-order valence-corrected chi connectivity index (χ1v) is 5.75. The topological polar surface area (TPSA) is 57.9 Å². The van der Waals surface area contributed by atoms with Crippen molar-refractivity contribution in [2.45, 2.75) is 20.8 Å². The van der Waals surface area contributed by atoms with Gasteiger partial charge in [0.25, 0.3) is 0 Å². The molecular formula is C12H13NO2Zn-2. The van der Waals surface area contributed by atoms with Crippen molar-refractivity contribution in [1.29, 1.82) is 5.26 Å². The second-order valence-corrected chi connectivity index (χ2v) is 3.75. The summed E-state index contributed by atoms with van der Waals surface area (Å²) < 4.78 is 8.38. The molecule has 1 aromatic rings. The zero-order valence-electron chi connectivity index (χ0n) is 9.78. The summed E-state index contributed by atoms with van der Waals surface area (Å²) in [6.07, 6.45) is 1.85. The Bertz CT molecular complexity index is 325. The molecule has 0 heterocycles. The quantitative estimate of drug-likeness (QED) is 0.536. The Hall–Kier alpha value is -1.20. The van der Waals surface area contributed by atoms with Crippen molar-refractivity contribution in [2.75, 3.05) is 0 Å². The van der Waals surface area contributed by atoms with Gasteiger partial charge in [0.15, 0.2) is 0 Å². The SMILES string of the molecule is CC(C)(C)[C-]=O.N#Cc1cc[c-]cc1.[O]=[Zn]. The predicted octanol–water partition coefficient (Wildman–Crippen LogP) is 2.38. The third kappa shape index (κ3) is 12.8. The number of carbonyl (C=O) groups excluding carboxylic acids is 1. The first kappa shape index (κ1) is 17.2. The summed E-state index contributed by atoms with van der Waals surface area (Å²) in [6, 6.07) is 11.7. The van der Waals surface area contributed by atoms with Crippen LogP contribution in [0.2, 0.25) is 0 Å². The summed E-state index contributed by atoms with van der Waals surface area (Å²) in [6.45, 7) is 5.46. The molecule has 0 atom stereocenters. The fourth-order valence-electron chi connectivity index (χ4n) is 0.461. The van der Waals surface area contributed by atoms with Gasteiger partial charge in [0.1, 0.15) is 0 Å². The van der Waals surface area contributed by atoms with Gasteiger partial charge >= 0.3 is 21.8 Å². The maximum absolute atomic E-state index is 9.70. The normalized spacial score (nSPS) is 8.50. The van der Waals surface area contributed by atoms with Crippen LogP contribution < -0.4 is 0 Å². The summed E-state index contributed by atoms with van der Waals surface area (Å²) in [5, 5.41) is 8.27. The van der Waals surface area contributed by atoms with Crippen molar-refractivity contribution in [3.05, 3.63) is 35.9 Å². The Kier molecular flexibility index (Phi) is 11.1. The fraction of sp³-hybridized carbons (Fsp3) is 0.333. The number of nitriles is 1. The van der Waals surface area contributed by atoms with Crippen LogP contribution in [0.1, 0.15) is 26.3 Å². The Morgan fingerprint density at radius 3 is 1.88 bits per heavy atom. The molecule has 0 spiro atoms. The molecule has 4 heteroatoms. The van der Waals surface area contributed by atoms with Crippen molar-refractivity contribution in [1.82, 2.24) is 0 Å². The van der Waals surface area contributed by atoms with E-state index in [0.29, 0.717) is 5.56 Å². The number of rotatable bonds is 0.